The molecule has 0 saturated carbocycles. The summed E-state index contributed by atoms with van der Waals surface area (Å²) in [5.41, 5.74) is 4.13. The van der Waals surface area contributed by atoms with Gasteiger partial charge in [-0.1, -0.05) is 114 Å². The van der Waals surface area contributed by atoms with Crippen molar-refractivity contribution < 1.29 is 9.90 Å². The molecule has 5 rings (SSSR count). The number of fused-ring (bicyclic) bond motifs is 1. The third kappa shape index (κ3) is 4.99. The Morgan fingerprint density at radius 1 is 0.784 bits per heavy atom. The number of carboxylic acid groups (broad SMARTS) is 1. The Balaban J connectivity index is 1.63. The van der Waals surface area contributed by atoms with Crippen LogP contribution < -0.4 is 5.32 Å². The fraction of sp³-hybridized carbons (Fsp3) is 0.161. The smallest absolute Gasteiger partial charge is 0.327 e. The molecule has 0 bridgehead atoms. The number of para-hydroxylation sites is 1. The molecule has 1 atom stereocenters. The Hall–Kier alpha value is -3.61. The molecule has 0 radical (unpaired) electrons. The summed E-state index contributed by atoms with van der Waals surface area (Å²) in [5.74, 6) is -0.917. The number of nitrogens with zero attached hydrogens (tertiary/aromatic N) is 1. The maximum atomic E-state index is 12.8. The molecule has 0 spiro atoms. The lowest BCUT2D eigenvalue weighted by Crippen LogP contribution is -2.48. The minimum Gasteiger partial charge on any atom is -0.480 e. The highest BCUT2D eigenvalue weighted by Crippen LogP contribution is 2.54. The molecule has 1 unspecified atom stereocenters. The molecule has 1 aromatic heterocycles. The molecule has 186 valence electrons. The average Bonchev–Trinajstić information content (AvgIpc) is 3.34. The number of aliphatic carboxylic acids is 1. The fourth-order valence-electron chi connectivity index (χ4n) is 4.74. The lowest BCUT2D eigenvalue weighted by molar-refractivity contribution is -0.138. The van der Waals surface area contributed by atoms with E-state index in [0.29, 0.717) is 5.13 Å². The zero-order valence-corrected chi connectivity index (χ0v) is 22.3. The number of benzene rings is 4. The van der Waals surface area contributed by atoms with Crippen molar-refractivity contribution in [2.45, 2.75) is 29.4 Å². The first-order valence-corrected chi connectivity index (χ1v) is 13.7. The molecule has 0 saturated heterocycles. The van der Waals surface area contributed by atoms with Crippen LogP contribution in [0.15, 0.2) is 115 Å². The van der Waals surface area contributed by atoms with E-state index < -0.39 is 21.5 Å². The second-order valence-electron chi connectivity index (χ2n) is 9.39. The quantitative estimate of drug-likeness (QED) is 0.194. The first-order valence-electron chi connectivity index (χ1n) is 12.1. The average molecular weight is 525 g/mol. The molecule has 0 amide bonds. The number of aromatic nitrogens is 1. The minimum atomic E-state index is -0.917. The second kappa shape index (κ2) is 10.4. The van der Waals surface area contributed by atoms with Gasteiger partial charge in [-0.05, 0) is 42.7 Å². The first kappa shape index (κ1) is 25.1. The number of hydrogen-bond acceptors (Lipinski definition) is 5. The maximum absolute atomic E-state index is 12.8. The molecule has 37 heavy (non-hydrogen) atoms. The number of thioether (sulfide) groups is 1. The van der Waals surface area contributed by atoms with Crippen molar-refractivity contribution in [3.63, 3.8) is 0 Å². The molecule has 0 aliphatic carbocycles. The number of hydrogen-bond donors (Lipinski definition) is 2. The lowest BCUT2D eigenvalue weighted by atomic mass is 9.84. The first-order chi connectivity index (χ1) is 17.9. The van der Waals surface area contributed by atoms with E-state index in [-0.39, 0.29) is 0 Å². The van der Waals surface area contributed by atoms with Crippen LogP contribution in [0.5, 0.6) is 0 Å². The number of carboxylic acids is 1. The van der Waals surface area contributed by atoms with Crippen molar-refractivity contribution >= 4 is 44.4 Å². The van der Waals surface area contributed by atoms with Gasteiger partial charge in [-0.15, -0.1) is 11.8 Å². The van der Waals surface area contributed by atoms with Crippen LogP contribution in [0, 0.1) is 0 Å². The highest BCUT2D eigenvalue weighted by molar-refractivity contribution is 8.02. The van der Waals surface area contributed by atoms with Crippen LogP contribution in [0.3, 0.4) is 0 Å². The standard InChI is InChI=1S/C31H28N2O2S2/c1-30(2,27(28(34)35)33-29-32-25-20-12-13-21-26(25)36-29)37-31(22-14-6-3-7-15-22,23-16-8-4-9-17-23)24-18-10-5-11-19-24/h3-21,27H,1-2H3,(H,32,33)(H,34,35). The SMILES string of the molecule is CC(C)(SC(c1ccccc1)(c1ccccc1)c1ccccc1)C(Nc1nc2ccccc2s1)C(=O)O. The predicted molar refractivity (Wildman–Crippen MR) is 156 cm³/mol. The maximum Gasteiger partial charge on any atom is 0.327 e. The van der Waals surface area contributed by atoms with Gasteiger partial charge in [0.1, 0.15) is 6.04 Å². The number of rotatable bonds is 9. The van der Waals surface area contributed by atoms with Crippen LogP contribution in [-0.4, -0.2) is 26.8 Å². The summed E-state index contributed by atoms with van der Waals surface area (Å²) in [6.07, 6.45) is 0. The van der Waals surface area contributed by atoms with Gasteiger partial charge in [0.25, 0.3) is 0 Å². The molecule has 4 aromatic carbocycles. The molecule has 4 nitrogen and oxygen atoms in total. The lowest BCUT2D eigenvalue weighted by Gasteiger charge is -2.43. The van der Waals surface area contributed by atoms with Gasteiger partial charge < -0.3 is 10.4 Å². The summed E-state index contributed by atoms with van der Waals surface area (Å²) in [4.78, 5) is 17.4. The van der Waals surface area contributed by atoms with Crippen LogP contribution >= 0.6 is 23.1 Å². The van der Waals surface area contributed by atoms with Gasteiger partial charge in [0.05, 0.1) is 15.0 Å². The molecule has 2 N–H and O–H groups in total. The van der Waals surface area contributed by atoms with Gasteiger partial charge >= 0.3 is 5.97 Å². The molecule has 6 heteroatoms. The van der Waals surface area contributed by atoms with Gasteiger partial charge in [-0.25, -0.2) is 9.78 Å². The Labute approximate surface area is 225 Å². The molecule has 1 heterocycles. The van der Waals surface area contributed by atoms with Crippen LogP contribution in [0.1, 0.15) is 30.5 Å². The van der Waals surface area contributed by atoms with Crippen molar-refractivity contribution in [1.29, 1.82) is 0 Å². The van der Waals surface area contributed by atoms with Crippen LogP contribution in [0.2, 0.25) is 0 Å². The summed E-state index contributed by atoms with van der Waals surface area (Å²) in [7, 11) is 0. The fourth-order valence-corrected chi connectivity index (χ4v) is 7.46. The third-order valence-corrected chi connectivity index (χ3v) is 9.20. The Kier molecular flexibility index (Phi) is 7.04. The molecule has 0 aliphatic heterocycles. The van der Waals surface area contributed by atoms with E-state index in [1.807, 2.05) is 92.7 Å². The van der Waals surface area contributed by atoms with E-state index in [1.54, 1.807) is 11.8 Å². The molecule has 5 aromatic rings. The van der Waals surface area contributed by atoms with Crippen molar-refractivity contribution in [3.05, 3.63) is 132 Å². The molecular formula is C31H28N2O2S2. The van der Waals surface area contributed by atoms with E-state index in [2.05, 4.69) is 46.7 Å². The summed E-state index contributed by atoms with van der Waals surface area (Å²) < 4.78 is -0.381. The Morgan fingerprint density at radius 3 is 1.70 bits per heavy atom. The summed E-state index contributed by atoms with van der Waals surface area (Å²) in [6.45, 7) is 4.00. The van der Waals surface area contributed by atoms with Gasteiger partial charge in [0.15, 0.2) is 5.13 Å². The number of thiazole rings is 1. The van der Waals surface area contributed by atoms with Crippen LogP contribution in [0.25, 0.3) is 10.2 Å². The van der Waals surface area contributed by atoms with Gasteiger partial charge in [0, 0.05) is 4.75 Å². The zero-order chi connectivity index (χ0) is 25.9. The number of nitrogens with one attached hydrogen (secondary N) is 1. The van der Waals surface area contributed by atoms with Crippen molar-refractivity contribution in [2.24, 2.45) is 0 Å². The highest BCUT2D eigenvalue weighted by atomic mass is 32.2. The second-order valence-corrected chi connectivity index (χ2v) is 12.3. The van der Waals surface area contributed by atoms with E-state index >= 15 is 0 Å². The Morgan fingerprint density at radius 2 is 1.24 bits per heavy atom. The summed E-state index contributed by atoms with van der Waals surface area (Å²) in [6, 6.07) is 38.0. The molecular weight excluding hydrogens is 496 g/mol. The largest absolute Gasteiger partial charge is 0.480 e. The summed E-state index contributed by atoms with van der Waals surface area (Å²) in [5, 5.41) is 14.3. The summed E-state index contributed by atoms with van der Waals surface area (Å²) >= 11 is 3.12. The topological polar surface area (TPSA) is 62.2 Å². The van der Waals surface area contributed by atoms with E-state index in [1.165, 1.54) is 11.3 Å². The zero-order valence-electron chi connectivity index (χ0n) is 20.7. The third-order valence-electron chi connectivity index (χ3n) is 6.46. The van der Waals surface area contributed by atoms with Gasteiger partial charge in [0.2, 0.25) is 0 Å². The monoisotopic (exact) mass is 524 g/mol. The van der Waals surface area contributed by atoms with E-state index in [4.69, 9.17) is 0 Å². The normalized spacial score (nSPS) is 12.8. The Bertz CT molecular complexity index is 1360. The minimum absolute atomic E-state index is 0.604. The van der Waals surface area contributed by atoms with Crippen LogP contribution in [-0.2, 0) is 9.54 Å². The predicted octanol–water partition coefficient (Wildman–Crippen LogP) is 7.67. The molecule has 0 aliphatic rings. The highest BCUT2D eigenvalue weighted by Gasteiger charge is 2.47. The van der Waals surface area contributed by atoms with Crippen molar-refractivity contribution in [2.75, 3.05) is 5.32 Å². The van der Waals surface area contributed by atoms with Gasteiger partial charge in [-0.2, -0.15) is 0 Å². The number of carbonyl (C=O) groups is 1. The van der Waals surface area contributed by atoms with Crippen molar-refractivity contribution in [1.82, 2.24) is 4.98 Å². The van der Waals surface area contributed by atoms with Crippen LogP contribution in [0.4, 0.5) is 5.13 Å². The molecule has 0 fully saturated rings. The van der Waals surface area contributed by atoms with E-state index in [9.17, 15) is 9.90 Å². The van der Waals surface area contributed by atoms with E-state index in [0.717, 1.165) is 26.9 Å². The number of anilines is 1. The van der Waals surface area contributed by atoms with Gasteiger partial charge in [-0.3, -0.25) is 0 Å². The van der Waals surface area contributed by atoms with Crippen molar-refractivity contribution in [3.8, 4) is 0 Å².